The molecule has 2 aromatic rings. The Morgan fingerprint density at radius 2 is 1.52 bits per heavy atom. The quantitative estimate of drug-likeness (QED) is 0.829. The van der Waals surface area contributed by atoms with Crippen molar-refractivity contribution >= 4 is 11.6 Å². The first-order valence-corrected chi connectivity index (χ1v) is 6.09. The number of pyridine rings is 1. The molecule has 1 aromatic heterocycles. The number of hydrogen-bond donors (Lipinski definition) is 1. The number of benzene rings is 1. The third-order valence-electron chi connectivity index (χ3n) is 2.84. The zero-order valence-corrected chi connectivity index (χ0v) is 11.2. The maximum Gasteiger partial charge on any atom is 0.418 e. The molecule has 0 aliphatic heterocycles. The summed E-state index contributed by atoms with van der Waals surface area (Å²) in [6.07, 6.45) is -7.29. The summed E-state index contributed by atoms with van der Waals surface area (Å²) in [5, 5.41) is 1.86. The van der Waals surface area contributed by atoms with Gasteiger partial charge in [0.15, 0.2) is 0 Å². The van der Waals surface area contributed by atoms with Crippen molar-refractivity contribution in [3.8, 4) is 0 Å². The van der Waals surface area contributed by atoms with Crippen molar-refractivity contribution in [1.82, 2.24) is 4.98 Å². The van der Waals surface area contributed by atoms with Gasteiger partial charge in [0, 0.05) is 18.0 Å². The van der Waals surface area contributed by atoms with Gasteiger partial charge >= 0.3 is 12.4 Å². The van der Waals surface area contributed by atoms with Crippen LogP contribution in [0.2, 0.25) is 0 Å². The molecule has 9 heteroatoms. The van der Waals surface area contributed by atoms with Gasteiger partial charge in [0.1, 0.15) is 0 Å². The standard InChI is InChI=1S/C14H8F6N2O/c15-13(16,17)9-1-2-10(14(18,19)20)11(7-9)22-12(23)8-3-5-21-6-4-8/h1-7H,(H,22,23). The SMILES string of the molecule is O=C(Nc1cc(C(F)(F)F)ccc1C(F)(F)F)c1ccncc1. The first-order chi connectivity index (χ1) is 10.6. The van der Waals surface area contributed by atoms with E-state index in [0.29, 0.717) is 6.07 Å². The Bertz CT molecular complexity index is 709. The maximum absolute atomic E-state index is 12.9. The smallest absolute Gasteiger partial charge is 0.321 e. The van der Waals surface area contributed by atoms with Crippen LogP contribution in [0.25, 0.3) is 0 Å². The molecule has 0 saturated heterocycles. The van der Waals surface area contributed by atoms with Crippen molar-refractivity contribution in [3.63, 3.8) is 0 Å². The van der Waals surface area contributed by atoms with Gasteiger partial charge in [0.05, 0.1) is 16.8 Å². The second-order valence-corrected chi connectivity index (χ2v) is 4.45. The molecule has 0 unspecified atom stereocenters. The molecule has 122 valence electrons. The first kappa shape index (κ1) is 16.8. The predicted octanol–water partition coefficient (Wildman–Crippen LogP) is 4.37. The highest BCUT2D eigenvalue weighted by atomic mass is 19.4. The number of nitrogens with zero attached hydrogens (tertiary/aromatic N) is 1. The monoisotopic (exact) mass is 334 g/mol. The molecule has 0 saturated carbocycles. The van der Waals surface area contributed by atoms with Gasteiger partial charge in [-0.1, -0.05) is 0 Å². The molecule has 1 heterocycles. The van der Waals surface area contributed by atoms with Crippen LogP contribution in [-0.4, -0.2) is 10.9 Å². The Labute approximate surface area is 126 Å². The number of anilines is 1. The molecule has 1 N–H and O–H groups in total. The number of rotatable bonds is 2. The van der Waals surface area contributed by atoms with Gasteiger partial charge in [-0.05, 0) is 30.3 Å². The number of halogens is 6. The lowest BCUT2D eigenvalue weighted by Crippen LogP contribution is -2.18. The molecule has 1 aromatic carbocycles. The second kappa shape index (κ2) is 5.90. The van der Waals surface area contributed by atoms with Gasteiger partial charge in [-0.15, -0.1) is 0 Å². The molecule has 2 rings (SSSR count). The number of amides is 1. The summed E-state index contributed by atoms with van der Waals surface area (Å²) in [6, 6.07) is 3.28. The van der Waals surface area contributed by atoms with Crippen LogP contribution in [0.4, 0.5) is 32.0 Å². The van der Waals surface area contributed by atoms with Crippen LogP contribution >= 0.6 is 0 Å². The van der Waals surface area contributed by atoms with Crippen LogP contribution in [0, 0.1) is 0 Å². The Morgan fingerprint density at radius 1 is 0.913 bits per heavy atom. The third kappa shape index (κ3) is 3.99. The first-order valence-electron chi connectivity index (χ1n) is 6.09. The lowest BCUT2D eigenvalue weighted by Gasteiger charge is -2.16. The van der Waals surface area contributed by atoms with Crippen LogP contribution in [0.5, 0.6) is 0 Å². The topological polar surface area (TPSA) is 42.0 Å². The second-order valence-electron chi connectivity index (χ2n) is 4.45. The molecule has 3 nitrogen and oxygen atoms in total. The van der Waals surface area contributed by atoms with Gasteiger partial charge in [0.25, 0.3) is 5.91 Å². The van der Waals surface area contributed by atoms with Crippen LogP contribution in [-0.2, 0) is 12.4 Å². The van der Waals surface area contributed by atoms with E-state index in [4.69, 9.17) is 0 Å². The normalized spacial score (nSPS) is 12.1. The number of nitrogens with one attached hydrogen (secondary N) is 1. The minimum Gasteiger partial charge on any atom is -0.321 e. The Kier molecular flexibility index (Phi) is 4.31. The molecule has 0 aliphatic carbocycles. The van der Waals surface area contributed by atoms with E-state index in [-0.39, 0.29) is 17.7 Å². The van der Waals surface area contributed by atoms with Gasteiger partial charge in [-0.3, -0.25) is 9.78 Å². The van der Waals surface area contributed by atoms with Crippen molar-refractivity contribution in [2.45, 2.75) is 12.4 Å². The maximum atomic E-state index is 12.9. The van der Waals surface area contributed by atoms with E-state index in [2.05, 4.69) is 4.98 Å². The number of aromatic nitrogens is 1. The van der Waals surface area contributed by atoms with E-state index in [1.54, 1.807) is 0 Å². The number of carbonyl (C=O) groups excluding carboxylic acids is 1. The summed E-state index contributed by atoms with van der Waals surface area (Å²) in [5.74, 6) is -0.975. The van der Waals surface area contributed by atoms with E-state index in [0.717, 1.165) is 0 Å². The fourth-order valence-corrected chi connectivity index (χ4v) is 1.77. The zero-order chi connectivity index (χ0) is 17.3. The Balaban J connectivity index is 2.44. The highest BCUT2D eigenvalue weighted by molar-refractivity contribution is 6.04. The van der Waals surface area contributed by atoms with Crippen LogP contribution < -0.4 is 5.32 Å². The van der Waals surface area contributed by atoms with E-state index in [9.17, 15) is 31.1 Å². The zero-order valence-electron chi connectivity index (χ0n) is 11.2. The molecule has 23 heavy (non-hydrogen) atoms. The molecule has 0 atom stereocenters. The van der Waals surface area contributed by atoms with E-state index >= 15 is 0 Å². The molecular formula is C14H8F6N2O. The van der Waals surface area contributed by atoms with Crippen molar-refractivity contribution in [1.29, 1.82) is 0 Å². The molecule has 0 fully saturated rings. The van der Waals surface area contributed by atoms with Crippen molar-refractivity contribution in [3.05, 3.63) is 59.4 Å². The summed E-state index contributed by atoms with van der Waals surface area (Å²) in [4.78, 5) is 15.5. The minimum absolute atomic E-state index is 0.0365. The van der Waals surface area contributed by atoms with Crippen LogP contribution in [0.15, 0.2) is 42.7 Å². The molecule has 0 aliphatic rings. The molecule has 0 bridgehead atoms. The average molecular weight is 334 g/mol. The van der Waals surface area contributed by atoms with E-state index < -0.39 is 35.1 Å². The van der Waals surface area contributed by atoms with Gasteiger partial charge in [-0.2, -0.15) is 26.3 Å². The highest BCUT2D eigenvalue weighted by Crippen LogP contribution is 2.39. The number of alkyl halides is 6. The van der Waals surface area contributed by atoms with Crippen molar-refractivity contribution < 1.29 is 31.1 Å². The van der Waals surface area contributed by atoms with Crippen molar-refractivity contribution in [2.24, 2.45) is 0 Å². The highest BCUT2D eigenvalue weighted by Gasteiger charge is 2.37. The van der Waals surface area contributed by atoms with Crippen LogP contribution in [0.3, 0.4) is 0 Å². The summed E-state index contributed by atoms with van der Waals surface area (Å²) in [6.45, 7) is 0. The molecule has 0 radical (unpaired) electrons. The minimum atomic E-state index is -4.91. The van der Waals surface area contributed by atoms with Crippen molar-refractivity contribution in [2.75, 3.05) is 5.32 Å². The average Bonchev–Trinajstić information content (AvgIpc) is 2.46. The third-order valence-corrected chi connectivity index (χ3v) is 2.84. The fourth-order valence-electron chi connectivity index (χ4n) is 1.77. The fraction of sp³-hybridized carbons (Fsp3) is 0.143. The van der Waals surface area contributed by atoms with Gasteiger partial charge < -0.3 is 5.32 Å². The van der Waals surface area contributed by atoms with Gasteiger partial charge in [-0.25, -0.2) is 0 Å². The lowest BCUT2D eigenvalue weighted by molar-refractivity contribution is -0.140. The summed E-state index contributed by atoms with van der Waals surface area (Å²) in [7, 11) is 0. The summed E-state index contributed by atoms with van der Waals surface area (Å²) < 4.78 is 76.6. The van der Waals surface area contributed by atoms with Crippen LogP contribution in [0.1, 0.15) is 21.5 Å². The number of hydrogen-bond acceptors (Lipinski definition) is 2. The molecule has 0 spiro atoms. The summed E-state index contributed by atoms with van der Waals surface area (Å²) >= 11 is 0. The summed E-state index contributed by atoms with van der Waals surface area (Å²) in [5.41, 5.74) is -3.66. The van der Waals surface area contributed by atoms with E-state index in [1.807, 2.05) is 5.32 Å². The lowest BCUT2D eigenvalue weighted by atomic mass is 10.1. The Hall–Kier alpha value is -2.58. The van der Waals surface area contributed by atoms with Gasteiger partial charge in [0.2, 0.25) is 0 Å². The predicted molar refractivity (Wildman–Crippen MR) is 68.6 cm³/mol. The number of carbonyl (C=O) groups is 1. The largest absolute Gasteiger partial charge is 0.418 e. The Morgan fingerprint density at radius 3 is 2.04 bits per heavy atom. The molecular weight excluding hydrogens is 326 g/mol. The van der Waals surface area contributed by atoms with E-state index in [1.165, 1.54) is 24.5 Å². The molecule has 1 amide bonds.